The molecule has 0 saturated heterocycles. The maximum Gasteiger partial charge on any atom is 0.0673 e. The van der Waals surface area contributed by atoms with Crippen LogP contribution in [0.3, 0.4) is 0 Å². The van der Waals surface area contributed by atoms with Crippen LogP contribution in [0.2, 0.25) is 0 Å². The molecular formula is C18H24BrNS. The summed E-state index contributed by atoms with van der Waals surface area (Å²) in [6, 6.07) is 11.4. The molecule has 0 amide bonds. The lowest BCUT2D eigenvalue weighted by atomic mass is 9.95. The first-order valence-corrected chi connectivity index (χ1v) is 9.03. The van der Waals surface area contributed by atoms with E-state index in [0.717, 1.165) is 11.0 Å². The van der Waals surface area contributed by atoms with Crippen molar-refractivity contribution < 1.29 is 0 Å². The van der Waals surface area contributed by atoms with E-state index in [1.807, 2.05) is 11.3 Å². The summed E-state index contributed by atoms with van der Waals surface area (Å²) in [5, 5.41) is 3.64. The van der Waals surface area contributed by atoms with Gasteiger partial charge in [-0.05, 0) is 54.3 Å². The molecular weight excluding hydrogens is 342 g/mol. The molecule has 3 heteroatoms. The summed E-state index contributed by atoms with van der Waals surface area (Å²) in [6.45, 7) is 12.1. The summed E-state index contributed by atoms with van der Waals surface area (Å²) in [5.74, 6) is 0. The predicted octanol–water partition coefficient (Wildman–Crippen LogP) is 5.82. The van der Waals surface area contributed by atoms with Gasteiger partial charge in [0.15, 0.2) is 0 Å². The van der Waals surface area contributed by atoms with E-state index in [1.54, 1.807) is 0 Å². The Labute approximate surface area is 140 Å². The Morgan fingerprint density at radius 2 is 1.90 bits per heavy atom. The summed E-state index contributed by atoms with van der Waals surface area (Å²) in [5.41, 5.74) is 2.90. The molecule has 1 heterocycles. The highest BCUT2D eigenvalue weighted by Crippen LogP contribution is 2.35. The summed E-state index contributed by atoms with van der Waals surface area (Å²) >= 11 is 5.47. The zero-order chi connectivity index (χ0) is 15.6. The van der Waals surface area contributed by atoms with Gasteiger partial charge in [0.05, 0.1) is 6.04 Å². The second-order valence-corrected chi connectivity index (χ2v) is 8.47. The molecule has 2 rings (SSSR count). The number of rotatable bonds is 4. The van der Waals surface area contributed by atoms with Gasteiger partial charge in [0.25, 0.3) is 0 Å². The molecule has 0 saturated carbocycles. The highest BCUT2D eigenvalue weighted by atomic mass is 79.9. The molecule has 1 nitrogen and oxygen atoms in total. The summed E-state index contributed by atoms with van der Waals surface area (Å²) in [4.78, 5) is 2.84. The maximum absolute atomic E-state index is 3.64. The van der Waals surface area contributed by atoms with Gasteiger partial charge >= 0.3 is 0 Å². The van der Waals surface area contributed by atoms with Crippen molar-refractivity contribution >= 4 is 27.3 Å². The number of hydrogen-bond acceptors (Lipinski definition) is 2. The van der Waals surface area contributed by atoms with Gasteiger partial charge in [-0.1, -0.05) is 49.7 Å². The van der Waals surface area contributed by atoms with Crippen LogP contribution in [0.1, 0.15) is 54.6 Å². The van der Waals surface area contributed by atoms with E-state index in [-0.39, 0.29) is 11.5 Å². The van der Waals surface area contributed by atoms with Crippen LogP contribution in [0.4, 0.5) is 0 Å². The smallest absolute Gasteiger partial charge is 0.0673 e. The van der Waals surface area contributed by atoms with Gasteiger partial charge in [0, 0.05) is 14.2 Å². The van der Waals surface area contributed by atoms with Crippen LogP contribution in [-0.2, 0) is 5.41 Å². The standard InChI is InChI=1S/C18H24BrNS/c1-6-20-17(14-8-7-13(19)11-12(14)2)15-9-10-16(21-15)18(3,4)5/h7-11,17,20H,6H2,1-5H3. The van der Waals surface area contributed by atoms with Gasteiger partial charge in [-0.15, -0.1) is 11.3 Å². The van der Waals surface area contributed by atoms with Crippen LogP contribution in [0.15, 0.2) is 34.8 Å². The van der Waals surface area contributed by atoms with Crippen molar-refractivity contribution in [2.24, 2.45) is 0 Å². The predicted molar refractivity (Wildman–Crippen MR) is 97.4 cm³/mol. The van der Waals surface area contributed by atoms with Gasteiger partial charge in [0.1, 0.15) is 0 Å². The second-order valence-electron chi connectivity index (χ2n) is 6.44. The molecule has 1 aromatic heterocycles. The molecule has 1 aromatic carbocycles. The number of hydrogen-bond donors (Lipinski definition) is 1. The first-order valence-electron chi connectivity index (χ1n) is 7.42. The first-order chi connectivity index (χ1) is 9.82. The molecule has 0 aliphatic heterocycles. The Kier molecular flexibility index (Phi) is 5.29. The topological polar surface area (TPSA) is 12.0 Å². The van der Waals surface area contributed by atoms with Crippen molar-refractivity contribution in [3.63, 3.8) is 0 Å². The highest BCUT2D eigenvalue weighted by molar-refractivity contribution is 9.10. The van der Waals surface area contributed by atoms with Crippen LogP contribution < -0.4 is 5.32 Å². The molecule has 1 N–H and O–H groups in total. The molecule has 0 fully saturated rings. The van der Waals surface area contributed by atoms with Gasteiger partial charge < -0.3 is 5.32 Å². The molecule has 0 radical (unpaired) electrons. The van der Waals surface area contributed by atoms with Gasteiger partial charge in [-0.2, -0.15) is 0 Å². The third-order valence-corrected chi connectivity index (χ3v) is 5.67. The number of aryl methyl sites for hydroxylation is 1. The highest BCUT2D eigenvalue weighted by Gasteiger charge is 2.21. The van der Waals surface area contributed by atoms with Crippen LogP contribution in [0.25, 0.3) is 0 Å². The summed E-state index contributed by atoms with van der Waals surface area (Å²) in [7, 11) is 0. The molecule has 21 heavy (non-hydrogen) atoms. The average Bonchev–Trinajstić information content (AvgIpc) is 2.86. The van der Waals surface area contributed by atoms with E-state index in [1.165, 1.54) is 20.9 Å². The maximum atomic E-state index is 3.64. The Morgan fingerprint density at radius 3 is 2.43 bits per heavy atom. The van der Waals surface area contributed by atoms with Crippen molar-refractivity contribution in [3.8, 4) is 0 Å². The molecule has 0 bridgehead atoms. The lowest BCUT2D eigenvalue weighted by Crippen LogP contribution is -2.21. The number of thiophene rings is 1. The third kappa shape index (κ3) is 3.97. The van der Waals surface area contributed by atoms with E-state index in [0.29, 0.717) is 0 Å². The Morgan fingerprint density at radius 1 is 1.19 bits per heavy atom. The lowest BCUT2D eigenvalue weighted by Gasteiger charge is -2.20. The monoisotopic (exact) mass is 365 g/mol. The third-order valence-electron chi connectivity index (χ3n) is 3.60. The molecule has 2 aromatic rings. The molecule has 0 aliphatic carbocycles. The Balaban J connectivity index is 2.41. The fourth-order valence-corrected chi connectivity index (χ4v) is 4.08. The fourth-order valence-electron chi connectivity index (χ4n) is 2.44. The minimum absolute atomic E-state index is 0.217. The molecule has 1 unspecified atom stereocenters. The van der Waals surface area contributed by atoms with E-state index in [4.69, 9.17) is 0 Å². The van der Waals surface area contributed by atoms with E-state index in [9.17, 15) is 0 Å². The van der Waals surface area contributed by atoms with Crippen molar-refractivity contribution in [2.75, 3.05) is 6.54 Å². The fraction of sp³-hybridized carbons (Fsp3) is 0.444. The van der Waals surface area contributed by atoms with Crippen LogP contribution in [0, 0.1) is 6.92 Å². The summed E-state index contributed by atoms with van der Waals surface area (Å²) < 4.78 is 1.14. The molecule has 0 aliphatic rings. The Hall–Kier alpha value is -0.640. The van der Waals surface area contributed by atoms with Gasteiger partial charge in [-0.3, -0.25) is 0 Å². The quantitative estimate of drug-likeness (QED) is 0.719. The van der Waals surface area contributed by atoms with E-state index in [2.05, 4.69) is 86.2 Å². The van der Waals surface area contributed by atoms with Crippen molar-refractivity contribution in [2.45, 2.75) is 46.1 Å². The first kappa shape index (κ1) is 16.7. The van der Waals surface area contributed by atoms with Crippen molar-refractivity contribution in [1.29, 1.82) is 0 Å². The average molecular weight is 366 g/mol. The summed E-state index contributed by atoms with van der Waals surface area (Å²) in [6.07, 6.45) is 0. The number of benzene rings is 1. The minimum atomic E-state index is 0.217. The van der Waals surface area contributed by atoms with E-state index < -0.39 is 0 Å². The van der Waals surface area contributed by atoms with Crippen LogP contribution >= 0.6 is 27.3 Å². The molecule has 0 spiro atoms. The number of halogens is 1. The van der Waals surface area contributed by atoms with E-state index >= 15 is 0 Å². The second kappa shape index (κ2) is 6.64. The minimum Gasteiger partial charge on any atom is -0.306 e. The molecule has 1 atom stereocenters. The van der Waals surface area contributed by atoms with Crippen LogP contribution in [-0.4, -0.2) is 6.54 Å². The number of nitrogens with one attached hydrogen (secondary N) is 1. The van der Waals surface area contributed by atoms with Crippen molar-refractivity contribution in [1.82, 2.24) is 5.32 Å². The Bertz CT molecular complexity index is 610. The zero-order valence-corrected chi connectivity index (χ0v) is 15.9. The molecule has 114 valence electrons. The largest absolute Gasteiger partial charge is 0.306 e. The van der Waals surface area contributed by atoms with Crippen molar-refractivity contribution in [3.05, 3.63) is 55.7 Å². The lowest BCUT2D eigenvalue weighted by molar-refractivity contribution is 0.604. The van der Waals surface area contributed by atoms with Gasteiger partial charge in [-0.25, -0.2) is 0 Å². The SMILES string of the molecule is CCNC(c1ccc(C(C)(C)C)s1)c1ccc(Br)cc1C. The van der Waals surface area contributed by atoms with Gasteiger partial charge in [0.2, 0.25) is 0 Å². The normalized spacial score (nSPS) is 13.4. The zero-order valence-electron chi connectivity index (χ0n) is 13.5. The van der Waals surface area contributed by atoms with Crippen LogP contribution in [0.5, 0.6) is 0 Å².